The minimum absolute atomic E-state index is 0.00524. The summed E-state index contributed by atoms with van der Waals surface area (Å²) in [6, 6.07) is 13.3. The number of hydrogen-bond acceptors (Lipinski definition) is 6. The van der Waals surface area contributed by atoms with Gasteiger partial charge in [0.2, 0.25) is 5.78 Å². The maximum Gasteiger partial charge on any atom is 0.308 e. The predicted molar refractivity (Wildman–Crippen MR) is 127 cm³/mol. The van der Waals surface area contributed by atoms with E-state index in [1.54, 1.807) is 19.2 Å². The molecule has 1 amide bonds. The van der Waals surface area contributed by atoms with Crippen molar-refractivity contribution < 1.29 is 23.9 Å². The highest BCUT2D eigenvalue weighted by molar-refractivity contribution is 7.12. The van der Waals surface area contributed by atoms with Crippen LogP contribution in [0.5, 0.6) is 5.75 Å². The third kappa shape index (κ3) is 6.55. The van der Waals surface area contributed by atoms with Gasteiger partial charge in [-0.15, -0.1) is 11.3 Å². The molecule has 0 bridgehead atoms. The van der Waals surface area contributed by atoms with Gasteiger partial charge in [0.25, 0.3) is 5.91 Å². The van der Waals surface area contributed by atoms with Crippen molar-refractivity contribution in [3.8, 4) is 5.75 Å². The molecule has 1 aromatic carbocycles. The van der Waals surface area contributed by atoms with Crippen molar-refractivity contribution in [2.75, 3.05) is 20.3 Å². The van der Waals surface area contributed by atoms with E-state index >= 15 is 0 Å². The van der Waals surface area contributed by atoms with Gasteiger partial charge in [0.05, 0.1) is 18.4 Å². The van der Waals surface area contributed by atoms with Crippen LogP contribution in [0.4, 0.5) is 0 Å². The molecule has 3 rings (SSSR count). The Balaban J connectivity index is 1.47. The smallest absolute Gasteiger partial charge is 0.308 e. The molecule has 0 fully saturated rings. The van der Waals surface area contributed by atoms with Gasteiger partial charge in [0, 0.05) is 30.0 Å². The fraction of sp³-hybridized carbons (Fsp3) is 0.320. The summed E-state index contributed by atoms with van der Waals surface area (Å²) >= 11 is 1.33. The lowest BCUT2D eigenvalue weighted by Gasteiger charge is -2.10. The number of esters is 1. The van der Waals surface area contributed by atoms with Gasteiger partial charge in [0.1, 0.15) is 5.75 Å². The van der Waals surface area contributed by atoms with Crippen LogP contribution in [-0.2, 0) is 22.5 Å². The van der Waals surface area contributed by atoms with E-state index in [2.05, 4.69) is 9.88 Å². The molecule has 3 aromatic rings. The number of ether oxygens (including phenoxy) is 2. The molecular formula is C25H28N2O5S. The Bertz CT molecular complexity index is 1100. The fourth-order valence-electron chi connectivity index (χ4n) is 3.53. The Hall–Kier alpha value is -3.39. The molecule has 0 saturated carbocycles. The maximum absolute atomic E-state index is 12.6. The quantitative estimate of drug-likeness (QED) is 0.340. The van der Waals surface area contributed by atoms with Crippen LogP contribution in [0.2, 0.25) is 0 Å². The third-order valence-corrected chi connectivity index (χ3v) is 6.25. The fourth-order valence-corrected chi connectivity index (χ4v) is 4.17. The number of carbonyl (C=O) groups is 3. The summed E-state index contributed by atoms with van der Waals surface area (Å²) in [7, 11) is 1.64. The molecule has 0 saturated heterocycles. The lowest BCUT2D eigenvalue weighted by atomic mass is 10.1. The van der Waals surface area contributed by atoms with Crippen LogP contribution in [0.1, 0.15) is 43.4 Å². The number of nitrogens with one attached hydrogen (secondary N) is 1. The van der Waals surface area contributed by atoms with E-state index in [9.17, 15) is 14.4 Å². The van der Waals surface area contributed by atoms with E-state index < -0.39 is 5.97 Å². The first kappa shape index (κ1) is 24.3. The van der Waals surface area contributed by atoms with Crippen LogP contribution < -0.4 is 10.1 Å². The molecule has 0 radical (unpaired) electrons. The number of ketones is 1. The summed E-state index contributed by atoms with van der Waals surface area (Å²) in [5, 5.41) is 4.47. The number of Topliss-reactive ketones (excluding diaryl/α,β-unsaturated/α-hetero) is 1. The summed E-state index contributed by atoms with van der Waals surface area (Å²) in [6.07, 6.45) is 0.825. The Morgan fingerprint density at radius 1 is 1.09 bits per heavy atom. The number of aromatic nitrogens is 1. The summed E-state index contributed by atoms with van der Waals surface area (Å²) < 4.78 is 12.4. The van der Waals surface area contributed by atoms with Crippen LogP contribution in [0.3, 0.4) is 0 Å². The molecular weight excluding hydrogens is 440 g/mol. The van der Waals surface area contributed by atoms with Crippen molar-refractivity contribution >= 4 is 29.0 Å². The van der Waals surface area contributed by atoms with Crippen molar-refractivity contribution in [1.82, 2.24) is 9.88 Å². The molecule has 2 heterocycles. The first-order valence-corrected chi connectivity index (χ1v) is 11.6. The van der Waals surface area contributed by atoms with Crippen molar-refractivity contribution in [3.05, 3.63) is 75.2 Å². The average molecular weight is 469 g/mol. The number of rotatable bonds is 11. The molecule has 0 spiro atoms. The third-order valence-electron chi connectivity index (χ3n) is 5.38. The number of hydrogen-bond donors (Lipinski definition) is 1. The van der Waals surface area contributed by atoms with Gasteiger partial charge in [-0.05, 0) is 55.5 Å². The number of methoxy groups -OCH3 is 1. The zero-order chi connectivity index (χ0) is 23.8. The standard InChI is InChI=1S/C25H28N2O5S/c1-17-15-21(18(2)27(17)13-11-19-6-8-20(31-3)9-7-19)22(28)16-32-24(29)10-12-26-25(30)23-5-4-14-33-23/h4-9,14-15H,10-13,16H2,1-3H3,(H,26,30). The average Bonchev–Trinajstić information content (AvgIpc) is 3.45. The van der Waals surface area contributed by atoms with Gasteiger partial charge >= 0.3 is 5.97 Å². The first-order valence-electron chi connectivity index (χ1n) is 10.7. The number of aryl methyl sites for hydroxylation is 2. The minimum Gasteiger partial charge on any atom is -0.497 e. The zero-order valence-corrected chi connectivity index (χ0v) is 19.9. The molecule has 0 aliphatic carbocycles. The van der Waals surface area contributed by atoms with E-state index in [4.69, 9.17) is 9.47 Å². The number of benzene rings is 1. The largest absolute Gasteiger partial charge is 0.497 e. The SMILES string of the molecule is COc1ccc(CCn2c(C)cc(C(=O)COC(=O)CCNC(=O)c3cccs3)c2C)cc1. The van der Waals surface area contributed by atoms with Gasteiger partial charge in [-0.1, -0.05) is 18.2 Å². The van der Waals surface area contributed by atoms with E-state index in [1.165, 1.54) is 16.9 Å². The Morgan fingerprint density at radius 3 is 2.52 bits per heavy atom. The minimum atomic E-state index is -0.525. The summed E-state index contributed by atoms with van der Waals surface area (Å²) in [6.45, 7) is 4.43. The predicted octanol–water partition coefficient (Wildman–Crippen LogP) is 3.96. The van der Waals surface area contributed by atoms with E-state index in [0.717, 1.165) is 30.1 Å². The summed E-state index contributed by atoms with van der Waals surface area (Å²) in [4.78, 5) is 37.1. The van der Waals surface area contributed by atoms with E-state index in [0.29, 0.717) is 10.4 Å². The monoisotopic (exact) mass is 468 g/mol. The molecule has 7 nitrogen and oxygen atoms in total. The Morgan fingerprint density at radius 2 is 1.85 bits per heavy atom. The van der Waals surface area contributed by atoms with Crippen molar-refractivity contribution in [3.63, 3.8) is 0 Å². The molecule has 0 atom stereocenters. The van der Waals surface area contributed by atoms with Gasteiger partial charge in [-0.2, -0.15) is 0 Å². The topological polar surface area (TPSA) is 86.6 Å². The number of amides is 1. The van der Waals surface area contributed by atoms with Gasteiger partial charge in [-0.25, -0.2) is 0 Å². The van der Waals surface area contributed by atoms with Gasteiger partial charge in [0.15, 0.2) is 6.61 Å². The Labute approximate surface area is 197 Å². The number of carbonyl (C=O) groups excluding carboxylic acids is 3. The second-order valence-electron chi connectivity index (χ2n) is 7.60. The lowest BCUT2D eigenvalue weighted by Crippen LogP contribution is -2.26. The van der Waals surface area contributed by atoms with Crippen LogP contribution in [0.15, 0.2) is 47.8 Å². The number of nitrogens with zero attached hydrogens (tertiary/aromatic N) is 1. The molecule has 0 unspecified atom stereocenters. The summed E-state index contributed by atoms with van der Waals surface area (Å²) in [5.41, 5.74) is 3.56. The normalized spacial score (nSPS) is 10.6. The molecule has 0 aliphatic rings. The second-order valence-corrected chi connectivity index (χ2v) is 8.55. The molecule has 8 heteroatoms. The molecule has 174 valence electrons. The maximum atomic E-state index is 12.6. The molecule has 33 heavy (non-hydrogen) atoms. The van der Waals surface area contributed by atoms with Gasteiger partial charge in [-0.3, -0.25) is 14.4 Å². The van der Waals surface area contributed by atoms with Crippen LogP contribution in [-0.4, -0.2) is 42.5 Å². The van der Waals surface area contributed by atoms with Crippen LogP contribution in [0.25, 0.3) is 0 Å². The molecule has 0 aliphatic heterocycles. The van der Waals surface area contributed by atoms with Crippen molar-refractivity contribution in [1.29, 1.82) is 0 Å². The first-order chi connectivity index (χ1) is 15.9. The highest BCUT2D eigenvalue weighted by Crippen LogP contribution is 2.18. The lowest BCUT2D eigenvalue weighted by molar-refractivity contribution is -0.142. The highest BCUT2D eigenvalue weighted by atomic mass is 32.1. The van der Waals surface area contributed by atoms with Crippen LogP contribution in [0, 0.1) is 13.8 Å². The van der Waals surface area contributed by atoms with Crippen LogP contribution >= 0.6 is 11.3 Å². The highest BCUT2D eigenvalue weighted by Gasteiger charge is 2.17. The van der Waals surface area contributed by atoms with E-state index in [1.807, 2.05) is 49.6 Å². The number of thiophene rings is 1. The van der Waals surface area contributed by atoms with E-state index in [-0.39, 0.29) is 31.3 Å². The van der Waals surface area contributed by atoms with Crippen molar-refractivity contribution in [2.24, 2.45) is 0 Å². The Kier molecular flexibility index (Phi) is 8.43. The van der Waals surface area contributed by atoms with Gasteiger partial charge < -0.3 is 19.4 Å². The molecule has 1 N–H and O–H groups in total. The zero-order valence-electron chi connectivity index (χ0n) is 19.1. The van der Waals surface area contributed by atoms with Crippen molar-refractivity contribution in [2.45, 2.75) is 33.2 Å². The second kappa shape index (κ2) is 11.5. The summed E-state index contributed by atoms with van der Waals surface area (Å²) in [5.74, 6) is -0.173. The molecule has 2 aromatic heterocycles.